The molecule has 1 aliphatic heterocycles. The van der Waals surface area contributed by atoms with Crippen LogP contribution in [0, 0.1) is 10.1 Å². The van der Waals surface area contributed by atoms with Crippen molar-refractivity contribution in [3.05, 3.63) is 64.2 Å². The lowest BCUT2D eigenvalue weighted by Gasteiger charge is -2.26. The lowest BCUT2D eigenvalue weighted by atomic mass is 9.99. The van der Waals surface area contributed by atoms with Gasteiger partial charge >= 0.3 is 0 Å². The summed E-state index contributed by atoms with van der Waals surface area (Å²) in [4.78, 5) is 10.2. The maximum atomic E-state index is 10.6. The molecule has 19 heavy (non-hydrogen) atoms. The Kier molecular flexibility index (Phi) is 3.01. The number of ether oxygens (including phenoxy) is 1. The van der Waals surface area contributed by atoms with Gasteiger partial charge < -0.3 is 4.74 Å². The predicted molar refractivity (Wildman–Crippen MR) is 71.8 cm³/mol. The first-order valence-corrected chi connectivity index (χ1v) is 6.20. The molecule has 0 radical (unpaired) electrons. The normalized spacial score (nSPS) is 17.8. The first kappa shape index (κ1) is 11.9. The van der Waals surface area contributed by atoms with Crippen LogP contribution in [0.25, 0.3) is 11.1 Å². The van der Waals surface area contributed by atoms with E-state index in [4.69, 9.17) is 4.74 Å². The quantitative estimate of drug-likeness (QED) is 0.620. The molecule has 0 N–H and O–H groups in total. The van der Waals surface area contributed by atoms with Gasteiger partial charge in [-0.05, 0) is 28.8 Å². The SMILES string of the molecule is O=[N+]([O-])c1ccc(-c2ccc(C3CCO3)cc2)cc1. The van der Waals surface area contributed by atoms with Gasteiger partial charge in [-0.1, -0.05) is 24.3 Å². The standard InChI is InChI=1S/C15H13NO3/c17-16(18)14-7-5-12(6-8-14)11-1-3-13(4-2-11)15-9-10-19-15/h1-8,15H,9-10H2. The summed E-state index contributed by atoms with van der Waals surface area (Å²) in [6.07, 6.45) is 1.32. The molecule has 0 amide bonds. The van der Waals surface area contributed by atoms with Crippen LogP contribution in [0.4, 0.5) is 5.69 Å². The third kappa shape index (κ3) is 2.35. The number of benzene rings is 2. The minimum atomic E-state index is -0.388. The average Bonchev–Trinajstić information content (AvgIpc) is 2.38. The summed E-state index contributed by atoms with van der Waals surface area (Å²) in [5, 5.41) is 10.6. The Morgan fingerprint density at radius 2 is 1.53 bits per heavy atom. The van der Waals surface area contributed by atoms with Crippen molar-refractivity contribution in [2.45, 2.75) is 12.5 Å². The van der Waals surface area contributed by atoms with Crippen molar-refractivity contribution < 1.29 is 9.66 Å². The zero-order chi connectivity index (χ0) is 13.2. The van der Waals surface area contributed by atoms with Gasteiger partial charge in [0.05, 0.1) is 17.6 Å². The predicted octanol–water partition coefficient (Wildman–Crippen LogP) is 3.72. The van der Waals surface area contributed by atoms with Gasteiger partial charge in [-0.2, -0.15) is 0 Å². The molecule has 0 aromatic heterocycles. The zero-order valence-electron chi connectivity index (χ0n) is 10.3. The van der Waals surface area contributed by atoms with Gasteiger partial charge in [0.2, 0.25) is 0 Å². The Hall–Kier alpha value is -2.20. The minimum Gasteiger partial charge on any atom is -0.373 e. The monoisotopic (exact) mass is 255 g/mol. The fraction of sp³-hybridized carbons (Fsp3) is 0.200. The number of rotatable bonds is 3. The highest BCUT2D eigenvalue weighted by Gasteiger charge is 2.19. The molecule has 0 bridgehead atoms. The topological polar surface area (TPSA) is 52.4 Å². The fourth-order valence-corrected chi connectivity index (χ4v) is 2.16. The van der Waals surface area contributed by atoms with Crippen LogP contribution in [0.15, 0.2) is 48.5 Å². The summed E-state index contributed by atoms with van der Waals surface area (Å²) in [6.45, 7) is 0.842. The second-order valence-electron chi connectivity index (χ2n) is 4.57. The van der Waals surface area contributed by atoms with E-state index in [0.717, 1.165) is 24.2 Å². The van der Waals surface area contributed by atoms with E-state index >= 15 is 0 Å². The number of non-ortho nitro benzene ring substituents is 1. The molecule has 3 rings (SSSR count). The molecular formula is C15H13NO3. The summed E-state index contributed by atoms with van der Waals surface area (Å²) >= 11 is 0. The summed E-state index contributed by atoms with van der Waals surface area (Å²) in [6, 6.07) is 14.8. The van der Waals surface area contributed by atoms with Gasteiger partial charge in [0.1, 0.15) is 0 Å². The molecule has 2 aromatic rings. The van der Waals surface area contributed by atoms with Crippen LogP contribution in [0.1, 0.15) is 18.1 Å². The largest absolute Gasteiger partial charge is 0.373 e. The zero-order valence-corrected chi connectivity index (χ0v) is 10.3. The average molecular weight is 255 g/mol. The van der Waals surface area contributed by atoms with E-state index in [1.165, 1.54) is 17.7 Å². The Morgan fingerprint density at radius 3 is 1.95 bits per heavy atom. The molecule has 96 valence electrons. The molecular weight excluding hydrogens is 242 g/mol. The maximum Gasteiger partial charge on any atom is 0.269 e. The van der Waals surface area contributed by atoms with Crippen LogP contribution < -0.4 is 0 Å². The van der Waals surface area contributed by atoms with Gasteiger partial charge in [-0.25, -0.2) is 0 Å². The molecule has 4 nitrogen and oxygen atoms in total. The van der Waals surface area contributed by atoms with E-state index in [2.05, 4.69) is 12.1 Å². The summed E-state index contributed by atoms with van der Waals surface area (Å²) < 4.78 is 5.43. The van der Waals surface area contributed by atoms with E-state index in [9.17, 15) is 10.1 Å². The van der Waals surface area contributed by atoms with Crippen molar-refractivity contribution in [2.75, 3.05) is 6.61 Å². The van der Waals surface area contributed by atoms with Crippen molar-refractivity contribution in [2.24, 2.45) is 0 Å². The number of hydrogen-bond donors (Lipinski definition) is 0. The Morgan fingerprint density at radius 1 is 1.00 bits per heavy atom. The lowest BCUT2D eigenvalue weighted by molar-refractivity contribution is -0.384. The van der Waals surface area contributed by atoms with Crippen molar-refractivity contribution in [3.8, 4) is 11.1 Å². The number of hydrogen-bond acceptors (Lipinski definition) is 3. The van der Waals surface area contributed by atoms with E-state index in [0.29, 0.717) is 0 Å². The highest BCUT2D eigenvalue weighted by molar-refractivity contribution is 5.65. The van der Waals surface area contributed by atoms with Gasteiger partial charge in [0.15, 0.2) is 0 Å². The highest BCUT2D eigenvalue weighted by Crippen LogP contribution is 2.31. The first-order chi connectivity index (χ1) is 9.24. The summed E-state index contributed by atoms with van der Waals surface area (Å²) in [5.74, 6) is 0. The maximum absolute atomic E-state index is 10.6. The summed E-state index contributed by atoms with van der Waals surface area (Å²) in [7, 11) is 0. The smallest absolute Gasteiger partial charge is 0.269 e. The van der Waals surface area contributed by atoms with Crippen molar-refractivity contribution >= 4 is 5.69 Å². The molecule has 2 aromatic carbocycles. The molecule has 1 heterocycles. The Bertz CT molecular complexity index is 586. The molecule has 0 aliphatic carbocycles. The fourth-order valence-electron chi connectivity index (χ4n) is 2.16. The molecule has 0 saturated carbocycles. The number of nitrogens with zero attached hydrogens (tertiary/aromatic N) is 1. The Labute approximate surface area is 110 Å². The van der Waals surface area contributed by atoms with Crippen molar-refractivity contribution in [1.82, 2.24) is 0 Å². The van der Waals surface area contributed by atoms with Crippen LogP contribution >= 0.6 is 0 Å². The van der Waals surface area contributed by atoms with Gasteiger partial charge in [-0.15, -0.1) is 0 Å². The van der Waals surface area contributed by atoms with E-state index in [-0.39, 0.29) is 16.7 Å². The van der Waals surface area contributed by atoms with Crippen LogP contribution in [-0.4, -0.2) is 11.5 Å². The molecule has 1 aliphatic rings. The van der Waals surface area contributed by atoms with Crippen LogP contribution in [0.5, 0.6) is 0 Å². The number of nitro groups is 1. The lowest BCUT2D eigenvalue weighted by Crippen LogP contribution is -2.17. The molecule has 1 fully saturated rings. The molecule has 4 heteroatoms. The second kappa shape index (κ2) is 4.82. The van der Waals surface area contributed by atoms with Gasteiger partial charge in [0.25, 0.3) is 5.69 Å². The molecule has 1 atom stereocenters. The highest BCUT2D eigenvalue weighted by atomic mass is 16.6. The second-order valence-corrected chi connectivity index (χ2v) is 4.57. The minimum absolute atomic E-state index is 0.114. The summed E-state index contributed by atoms with van der Waals surface area (Å²) in [5.41, 5.74) is 3.34. The van der Waals surface area contributed by atoms with Crippen LogP contribution in [0.2, 0.25) is 0 Å². The van der Waals surface area contributed by atoms with Crippen molar-refractivity contribution in [1.29, 1.82) is 0 Å². The van der Waals surface area contributed by atoms with Crippen LogP contribution in [-0.2, 0) is 4.74 Å². The van der Waals surface area contributed by atoms with E-state index < -0.39 is 0 Å². The first-order valence-electron chi connectivity index (χ1n) is 6.20. The molecule has 0 spiro atoms. The molecule has 1 saturated heterocycles. The van der Waals surface area contributed by atoms with Gasteiger partial charge in [-0.3, -0.25) is 10.1 Å². The van der Waals surface area contributed by atoms with E-state index in [1.54, 1.807) is 12.1 Å². The third-order valence-electron chi connectivity index (χ3n) is 3.39. The number of nitro benzene ring substituents is 1. The third-order valence-corrected chi connectivity index (χ3v) is 3.39. The van der Waals surface area contributed by atoms with Crippen LogP contribution in [0.3, 0.4) is 0 Å². The molecule has 1 unspecified atom stereocenters. The van der Waals surface area contributed by atoms with Crippen molar-refractivity contribution in [3.63, 3.8) is 0 Å². The van der Waals surface area contributed by atoms with E-state index in [1.807, 2.05) is 12.1 Å². The van der Waals surface area contributed by atoms with Gasteiger partial charge in [0, 0.05) is 18.6 Å². The Balaban J connectivity index is 1.83.